The fraction of sp³-hybridized carbons (Fsp3) is 0.400. The Hall–Kier alpha value is -2.35. The van der Waals surface area contributed by atoms with Gasteiger partial charge in [0.1, 0.15) is 16.5 Å². The Bertz CT molecular complexity index is 907. The van der Waals surface area contributed by atoms with Crippen LogP contribution >= 0.6 is 11.3 Å². The minimum Gasteiger partial charge on any atom is -0.406 e. The number of piperidine rings is 1. The molecule has 0 spiro atoms. The molecule has 2 aliphatic rings. The zero-order valence-electron chi connectivity index (χ0n) is 15.0. The second-order valence-electron chi connectivity index (χ2n) is 6.97. The van der Waals surface area contributed by atoms with Crippen molar-refractivity contribution in [2.75, 3.05) is 6.54 Å². The van der Waals surface area contributed by atoms with E-state index in [1.54, 1.807) is 11.4 Å². The molecular weight excluding hydrogens is 389 g/mol. The fourth-order valence-corrected chi connectivity index (χ4v) is 4.66. The molecule has 1 aromatic carbocycles. The molecule has 1 aliphatic carbocycles. The highest BCUT2D eigenvalue weighted by atomic mass is 32.1. The number of fused-ring (bicyclic) bond motifs is 1. The molecule has 1 saturated heterocycles. The summed E-state index contributed by atoms with van der Waals surface area (Å²) in [6.45, 7) is 0.683. The summed E-state index contributed by atoms with van der Waals surface area (Å²) >= 11 is 1.24. The van der Waals surface area contributed by atoms with Crippen molar-refractivity contribution < 1.29 is 22.7 Å². The van der Waals surface area contributed by atoms with Crippen LogP contribution in [0.1, 0.15) is 42.6 Å². The van der Waals surface area contributed by atoms with Crippen molar-refractivity contribution >= 4 is 17.2 Å². The van der Waals surface area contributed by atoms with Gasteiger partial charge in [-0.3, -0.25) is 4.79 Å². The number of halogens is 3. The van der Waals surface area contributed by atoms with Gasteiger partial charge in [0.15, 0.2) is 0 Å². The van der Waals surface area contributed by atoms with Crippen molar-refractivity contribution in [2.45, 2.75) is 38.5 Å². The van der Waals surface area contributed by atoms with Crippen molar-refractivity contribution in [1.29, 1.82) is 0 Å². The molecule has 0 N–H and O–H groups in total. The summed E-state index contributed by atoms with van der Waals surface area (Å²) in [6, 6.07) is 5.64. The summed E-state index contributed by atoms with van der Waals surface area (Å²) < 4.78 is 41.3. The van der Waals surface area contributed by atoms with Crippen LogP contribution in [0.25, 0.3) is 10.6 Å². The van der Waals surface area contributed by atoms with Crippen molar-refractivity contribution in [3.63, 3.8) is 0 Å². The van der Waals surface area contributed by atoms with E-state index in [9.17, 15) is 18.0 Å². The number of allylic oxidation sites excluding steroid dienone is 2. The average Bonchev–Trinajstić information content (AvgIpc) is 3.16. The lowest BCUT2D eigenvalue weighted by Gasteiger charge is -2.37. The molecule has 2 aromatic rings. The normalized spacial score (nSPS) is 19.8. The number of hydrogen-bond donors (Lipinski definition) is 0. The molecule has 2 heterocycles. The van der Waals surface area contributed by atoms with Crippen LogP contribution in [0.4, 0.5) is 13.2 Å². The monoisotopic (exact) mass is 408 g/mol. The largest absolute Gasteiger partial charge is 0.573 e. The molecule has 1 unspecified atom stereocenters. The van der Waals surface area contributed by atoms with Gasteiger partial charge in [-0.2, -0.15) is 0 Å². The Labute approximate surface area is 164 Å². The van der Waals surface area contributed by atoms with Crippen molar-refractivity contribution in [3.8, 4) is 16.3 Å². The van der Waals surface area contributed by atoms with E-state index in [4.69, 9.17) is 0 Å². The van der Waals surface area contributed by atoms with Gasteiger partial charge in [0.25, 0.3) is 5.91 Å². The average molecular weight is 408 g/mol. The highest BCUT2D eigenvalue weighted by Crippen LogP contribution is 2.36. The SMILES string of the molecule is O=C(c1csc(-c2cccc(OC(F)(F)F)c2)n1)N1CCCC2CCCC=C21. The first kappa shape index (κ1) is 19.0. The van der Waals surface area contributed by atoms with Gasteiger partial charge in [-0.1, -0.05) is 18.2 Å². The summed E-state index contributed by atoms with van der Waals surface area (Å²) in [6.07, 6.45) is 2.77. The van der Waals surface area contributed by atoms with Gasteiger partial charge in [0, 0.05) is 23.2 Å². The van der Waals surface area contributed by atoms with E-state index >= 15 is 0 Å². The summed E-state index contributed by atoms with van der Waals surface area (Å²) in [5, 5.41) is 2.16. The Balaban J connectivity index is 1.55. The summed E-state index contributed by atoms with van der Waals surface area (Å²) in [5.74, 6) is 0.00288. The Morgan fingerprint density at radius 1 is 1.25 bits per heavy atom. The molecule has 1 amide bonds. The number of ether oxygens (including phenoxy) is 1. The smallest absolute Gasteiger partial charge is 0.406 e. The van der Waals surface area contributed by atoms with Crippen molar-refractivity contribution in [3.05, 3.63) is 47.1 Å². The highest BCUT2D eigenvalue weighted by molar-refractivity contribution is 7.13. The second-order valence-corrected chi connectivity index (χ2v) is 7.83. The number of nitrogens with zero attached hydrogens (tertiary/aromatic N) is 2. The minimum atomic E-state index is -4.75. The first-order valence-electron chi connectivity index (χ1n) is 9.24. The lowest BCUT2D eigenvalue weighted by Crippen LogP contribution is -2.39. The van der Waals surface area contributed by atoms with Gasteiger partial charge in [0.05, 0.1) is 0 Å². The van der Waals surface area contributed by atoms with Crippen molar-refractivity contribution in [2.24, 2.45) is 5.92 Å². The van der Waals surface area contributed by atoms with Crippen LogP contribution in [0.15, 0.2) is 41.4 Å². The maximum Gasteiger partial charge on any atom is 0.573 e. The highest BCUT2D eigenvalue weighted by Gasteiger charge is 2.32. The second kappa shape index (κ2) is 7.58. The molecule has 4 nitrogen and oxygen atoms in total. The predicted octanol–water partition coefficient (Wildman–Crippen LogP) is 5.63. The van der Waals surface area contributed by atoms with Crippen LogP contribution in [0.3, 0.4) is 0 Å². The van der Waals surface area contributed by atoms with Crippen LogP contribution in [-0.4, -0.2) is 28.7 Å². The third kappa shape index (κ3) is 4.06. The van der Waals surface area contributed by atoms with E-state index in [0.29, 0.717) is 28.7 Å². The van der Waals surface area contributed by atoms with Crippen LogP contribution in [0, 0.1) is 5.92 Å². The summed E-state index contributed by atoms with van der Waals surface area (Å²) in [7, 11) is 0. The number of hydrogen-bond acceptors (Lipinski definition) is 4. The summed E-state index contributed by atoms with van der Waals surface area (Å²) in [4.78, 5) is 19.2. The maximum absolute atomic E-state index is 13.0. The number of likely N-dealkylation sites (tertiary alicyclic amines) is 1. The first-order chi connectivity index (χ1) is 13.4. The Morgan fingerprint density at radius 2 is 2.07 bits per heavy atom. The van der Waals surface area contributed by atoms with Crippen LogP contribution in [0.5, 0.6) is 5.75 Å². The van der Waals surface area contributed by atoms with Gasteiger partial charge in [-0.25, -0.2) is 4.98 Å². The lowest BCUT2D eigenvalue weighted by atomic mass is 9.85. The molecule has 0 bridgehead atoms. The lowest BCUT2D eigenvalue weighted by molar-refractivity contribution is -0.274. The van der Waals surface area contributed by atoms with E-state index in [1.165, 1.54) is 29.5 Å². The molecule has 148 valence electrons. The van der Waals surface area contributed by atoms with E-state index < -0.39 is 6.36 Å². The van der Waals surface area contributed by atoms with Gasteiger partial charge < -0.3 is 9.64 Å². The number of carbonyl (C=O) groups is 1. The number of thiazole rings is 1. The number of rotatable bonds is 3. The van der Waals surface area contributed by atoms with E-state index in [0.717, 1.165) is 37.8 Å². The predicted molar refractivity (Wildman–Crippen MR) is 99.9 cm³/mol. The molecule has 1 aliphatic heterocycles. The van der Waals surface area contributed by atoms with E-state index in [2.05, 4.69) is 15.8 Å². The molecule has 8 heteroatoms. The number of alkyl halides is 3. The number of aromatic nitrogens is 1. The zero-order chi connectivity index (χ0) is 19.7. The molecule has 1 atom stereocenters. The molecule has 4 rings (SSSR count). The van der Waals surface area contributed by atoms with Gasteiger partial charge in [-0.15, -0.1) is 24.5 Å². The molecule has 1 fully saturated rings. The quantitative estimate of drug-likeness (QED) is 0.661. The first-order valence-corrected chi connectivity index (χ1v) is 10.1. The number of carbonyl (C=O) groups excluding carboxylic acids is 1. The van der Waals surface area contributed by atoms with Crippen LogP contribution < -0.4 is 4.74 Å². The minimum absolute atomic E-state index is 0.136. The Kier molecular flexibility index (Phi) is 5.14. The standard InChI is InChI=1S/C20H19F3N2O2S/c21-20(22,23)27-15-8-3-6-14(11-15)18-24-16(12-28-18)19(26)25-10-4-7-13-5-1-2-9-17(13)25/h3,6,8-9,11-13H,1-2,4-5,7,10H2. The van der Waals surface area contributed by atoms with E-state index in [-0.39, 0.29) is 11.7 Å². The topological polar surface area (TPSA) is 42.4 Å². The molecule has 0 radical (unpaired) electrons. The number of amides is 1. The van der Waals surface area contributed by atoms with Gasteiger partial charge in [-0.05, 0) is 50.2 Å². The van der Waals surface area contributed by atoms with Gasteiger partial charge in [0.2, 0.25) is 0 Å². The summed E-state index contributed by atoms with van der Waals surface area (Å²) in [5.41, 5.74) is 1.92. The molecule has 1 aromatic heterocycles. The van der Waals surface area contributed by atoms with Crippen LogP contribution in [-0.2, 0) is 0 Å². The molecule has 0 saturated carbocycles. The van der Waals surface area contributed by atoms with Gasteiger partial charge >= 0.3 is 6.36 Å². The zero-order valence-corrected chi connectivity index (χ0v) is 15.9. The molecule has 28 heavy (non-hydrogen) atoms. The maximum atomic E-state index is 13.0. The van der Waals surface area contributed by atoms with Crippen LogP contribution in [0.2, 0.25) is 0 Å². The molecular formula is C20H19F3N2O2S. The fourth-order valence-electron chi connectivity index (χ4n) is 3.86. The third-order valence-corrected chi connectivity index (χ3v) is 5.95. The van der Waals surface area contributed by atoms with E-state index in [1.807, 2.05) is 4.90 Å². The number of benzene rings is 1. The van der Waals surface area contributed by atoms with Crippen molar-refractivity contribution in [1.82, 2.24) is 9.88 Å². The Morgan fingerprint density at radius 3 is 2.89 bits per heavy atom. The third-order valence-electron chi connectivity index (χ3n) is 5.06.